The molecule has 2 bridgehead atoms. The number of carbonyl (C=O) groups is 1. The molecule has 5 atom stereocenters. The van der Waals surface area contributed by atoms with Gasteiger partial charge in [0.25, 0.3) is 5.88 Å². The molecule has 2 saturated heterocycles. The number of rotatable bonds is 7. The lowest BCUT2D eigenvalue weighted by atomic mass is 9.95. The number of benzene rings is 1. The molecule has 38 heavy (non-hydrogen) atoms. The van der Waals surface area contributed by atoms with Crippen molar-refractivity contribution in [2.45, 2.75) is 63.8 Å². The summed E-state index contributed by atoms with van der Waals surface area (Å²) in [7, 11) is 1.57. The van der Waals surface area contributed by atoms with Crippen molar-refractivity contribution in [3.8, 4) is 28.7 Å². The Bertz CT molecular complexity index is 1270. The summed E-state index contributed by atoms with van der Waals surface area (Å²) in [6.07, 6.45) is 9.31. The number of hydrogen-bond acceptors (Lipinski definition) is 9. The fraction of sp³-hybridized carbons (Fsp3) is 0.519. The van der Waals surface area contributed by atoms with E-state index in [1.807, 2.05) is 54.6 Å². The second-order valence-electron chi connectivity index (χ2n) is 11.1. The summed E-state index contributed by atoms with van der Waals surface area (Å²) in [5.41, 5.74) is 1.06. The first-order valence-corrected chi connectivity index (χ1v) is 12.9. The highest BCUT2D eigenvalue weighted by atomic mass is 16.7. The van der Waals surface area contributed by atoms with Gasteiger partial charge in [-0.25, -0.2) is 14.8 Å². The molecule has 6 rings (SSSR count). The van der Waals surface area contributed by atoms with Crippen LogP contribution < -0.4 is 9.47 Å². The quantitative estimate of drug-likeness (QED) is 0.428. The van der Waals surface area contributed by atoms with Gasteiger partial charge in [-0.05, 0) is 51.2 Å². The van der Waals surface area contributed by atoms with Crippen molar-refractivity contribution in [3.63, 3.8) is 0 Å². The lowest BCUT2D eigenvalue weighted by Gasteiger charge is -2.41. The van der Waals surface area contributed by atoms with Crippen LogP contribution in [0.1, 0.15) is 40.0 Å². The highest BCUT2D eigenvalue weighted by Crippen LogP contribution is 2.59. The van der Waals surface area contributed by atoms with Gasteiger partial charge < -0.3 is 28.4 Å². The van der Waals surface area contributed by atoms with Crippen molar-refractivity contribution in [2.75, 3.05) is 13.9 Å². The number of fused-ring (bicyclic) bond motifs is 5. The number of nitrogens with zero attached hydrogens (tertiary/aromatic N) is 6. The molecular weight excluding hydrogens is 488 g/mol. The Morgan fingerprint density at radius 1 is 1.11 bits per heavy atom. The van der Waals surface area contributed by atoms with Crippen LogP contribution in [0.2, 0.25) is 0 Å². The maximum Gasteiger partial charge on any atom is 0.410 e. The Labute approximate surface area is 221 Å². The summed E-state index contributed by atoms with van der Waals surface area (Å²) in [5, 5.41) is 8.63. The van der Waals surface area contributed by atoms with E-state index in [0.717, 1.165) is 18.5 Å². The molecule has 1 amide bonds. The molecule has 11 nitrogen and oxygen atoms in total. The summed E-state index contributed by atoms with van der Waals surface area (Å²) in [6, 6.07) is 5.99. The highest BCUT2D eigenvalue weighted by molar-refractivity contribution is 5.70. The average molecular weight is 521 g/mol. The van der Waals surface area contributed by atoms with Crippen molar-refractivity contribution in [1.29, 1.82) is 0 Å². The van der Waals surface area contributed by atoms with Crippen LogP contribution >= 0.6 is 0 Å². The van der Waals surface area contributed by atoms with E-state index in [-0.39, 0.29) is 31.1 Å². The maximum absolute atomic E-state index is 12.9. The van der Waals surface area contributed by atoms with Crippen LogP contribution in [0.15, 0.2) is 43.1 Å². The maximum atomic E-state index is 12.9. The first-order valence-electron chi connectivity index (χ1n) is 12.9. The van der Waals surface area contributed by atoms with E-state index in [1.54, 1.807) is 25.8 Å². The van der Waals surface area contributed by atoms with E-state index in [0.29, 0.717) is 34.9 Å². The number of methoxy groups -OCH3 is 1. The van der Waals surface area contributed by atoms with Crippen LogP contribution in [0.4, 0.5) is 4.79 Å². The van der Waals surface area contributed by atoms with Gasteiger partial charge in [-0.15, -0.1) is 10.2 Å². The minimum atomic E-state index is -0.509. The van der Waals surface area contributed by atoms with Crippen molar-refractivity contribution in [1.82, 2.24) is 29.6 Å². The molecule has 4 heterocycles. The summed E-state index contributed by atoms with van der Waals surface area (Å²) < 4.78 is 24.7. The molecule has 3 fully saturated rings. The second kappa shape index (κ2) is 9.54. The molecule has 2 aromatic heterocycles. The first kappa shape index (κ1) is 24.6. The van der Waals surface area contributed by atoms with Crippen LogP contribution in [0, 0.1) is 11.8 Å². The molecule has 1 saturated carbocycles. The van der Waals surface area contributed by atoms with E-state index in [9.17, 15) is 4.79 Å². The molecule has 0 radical (unpaired) electrons. The number of piperidine rings is 2. The molecular formula is C27H32N6O5. The van der Waals surface area contributed by atoms with Crippen LogP contribution in [0.3, 0.4) is 0 Å². The number of aromatic nitrogens is 5. The molecule has 11 heteroatoms. The van der Waals surface area contributed by atoms with Gasteiger partial charge in [-0.1, -0.05) is 0 Å². The number of imidazole rings is 1. The fourth-order valence-electron chi connectivity index (χ4n) is 5.80. The van der Waals surface area contributed by atoms with Gasteiger partial charge in [0.05, 0.1) is 23.8 Å². The number of hydrogen-bond donors (Lipinski definition) is 0. The summed E-state index contributed by atoms with van der Waals surface area (Å²) >= 11 is 0. The standard InChI is InChI=1S/C27H32N6O5/c1-27(2,3)38-26(34)33-21-10-17(11-22(33)20-12-19(20)21)37-24-13-29-25(31-30-24)18-6-5-16(32-8-7-28-14-32)9-23(18)36-15-35-4/h5-9,13-14,17,19-22H,10-12,15H2,1-4H3/t17-,19-,20+,21?,22?. The average Bonchev–Trinajstić information content (AvgIpc) is 3.42. The lowest BCUT2D eigenvalue weighted by Crippen LogP contribution is -2.53. The fourth-order valence-corrected chi connectivity index (χ4v) is 5.80. The molecule has 0 spiro atoms. The minimum Gasteiger partial charge on any atom is -0.472 e. The topological polar surface area (TPSA) is 114 Å². The van der Waals surface area contributed by atoms with Gasteiger partial charge in [-0.3, -0.25) is 0 Å². The molecule has 1 aliphatic carbocycles. The Hall–Kier alpha value is -3.73. The second-order valence-corrected chi connectivity index (χ2v) is 11.1. The highest BCUT2D eigenvalue weighted by Gasteiger charge is 2.63. The molecule has 3 aromatic rings. The molecule has 3 aliphatic rings. The van der Waals surface area contributed by atoms with Crippen LogP contribution in [0.25, 0.3) is 17.1 Å². The summed E-state index contributed by atoms with van der Waals surface area (Å²) in [4.78, 5) is 23.4. The van der Waals surface area contributed by atoms with Gasteiger partial charge in [0.15, 0.2) is 12.6 Å². The van der Waals surface area contributed by atoms with Gasteiger partial charge >= 0.3 is 6.09 Å². The van der Waals surface area contributed by atoms with Crippen molar-refractivity contribution in [3.05, 3.63) is 43.1 Å². The van der Waals surface area contributed by atoms with Gasteiger partial charge in [-0.2, -0.15) is 0 Å². The van der Waals surface area contributed by atoms with Crippen LogP contribution in [0.5, 0.6) is 11.6 Å². The predicted molar refractivity (Wildman–Crippen MR) is 136 cm³/mol. The van der Waals surface area contributed by atoms with Crippen molar-refractivity contribution in [2.24, 2.45) is 11.8 Å². The van der Waals surface area contributed by atoms with E-state index in [1.165, 1.54) is 6.42 Å². The normalized spacial score (nSPS) is 25.6. The third-order valence-electron chi connectivity index (χ3n) is 7.38. The molecule has 200 valence electrons. The van der Waals surface area contributed by atoms with Gasteiger partial charge in [0.1, 0.15) is 17.5 Å². The minimum absolute atomic E-state index is 0.0477. The molecule has 1 aromatic carbocycles. The van der Waals surface area contributed by atoms with Gasteiger partial charge in [0.2, 0.25) is 0 Å². The molecule has 2 unspecified atom stereocenters. The Balaban J connectivity index is 1.15. The van der Waals surface area contributed by atoms with Crippen molar-refractivity contribution >= 4 is 6.09 Å². The Morgan fingerprint density at radius 3 is 2.53 bits per heavy atom. The smallest absolute Gasteiger partial charge is 0.410 e. The van der Waals surface area contributed by atoms with Gasteiger partial charge in [0, 0.05) is 50.5 Å². The number of amides is 1. The first-order chi connectivity index (χ1) is 18.3. The monoisotopic (exact) mass is 520 g/mol. The van der Waals surface area contributed by atoms with E-state index >= 15 is 0 Å². The SMILES string of the molecule is COCOc1cc(-n2ccnc2)ccc1-c1ncc(O[C@H]2CC3[C@H]4C[C@H]4C(C2)N3C(=O)OC(C)(C)C)nn1. The zero-order valence-electron chi connectivity index (χ0n) is 22.0. The summed E-state index contributed by atoms with van der Waals surface area (Å²) in [5.74, 6) is 2.44. The predicted octanol–water partition coefficient (Wildman–Crippen LogP) is 3.87. The van der Waals surface area contributed by atoms with E-state index in [4.69, 9.17) is 18.9 Å². The van der Waals surface area contributed by atoms with Crippen molar-refractivity contribution < 1.29 is 23.7 Å². The van der Waals surface area contributed by atoms with Crippen LogP contribution in [-0.4, -0.2) is 73.4 Å². The largest absolute Gasteiger partial charge is 0.472 e. The number of carbonyl (C=O) groups excluding carboxylic acids is 1. The van der Waals surface area contributed by atoms with E-state index in [2.05, 4.69) is 20.2 Å². The third kappa shape index (κ3) is 4.78. The Kier molecular flexibility index (Phi) is 6.17. The zero-order valence-corrected chi connectivity index (χ0v) is 22.0. The van der Waals surface area contributed by atoms with Crippen LogP contribution in [-0.2, 0) is 9.47 Å². The van der Waals surface area contributed by atoms with E-state index < -0.39 is 5.60 Å². The third-order valence-corrected chi connectivity index (χ3v) is 7.38. The summed E-state index contributed by atoms with van der Waals surface area (Å²) in [6.45, 7) is 5.79. The molecule has 2 aliphatic heterocycles. The Morgan fingerprint density at radius 2 is 1.89 bits per heavy atom. The zero-order chi connectivity index (χ0) is 26.4. The molecule has 0 N–H and O–H groups in total. The number of ether oxygens (including phenoxy) is 4. The lowest BCUT2D eigenvalue weighted by molar-refractivity contribution is -0.0167.